The van der Waals surface area contributed by atoms with E-state index >= 15 is 0 Å². The van der Waals surface area contributed by atoms with Crippen molar-refractivity contribution in [1.82, 2.24) is 5.32 Å². The number of carbonyl (C=O) groups excluding carboxylic acids is 2. The summed E-state index contributed by atoms with van der Waals surface area (Å²) in [6.07, 6.45) is 1.96. The summed E-state index contributed by atoms with van der Waals surface area (Å²) in [6, 6.07) is 6.87. The van der Waals surface area contributed by atoms with E-state index in [0.717, 1.165) is 5.69 Å². The van der Waals surface area contributed by atoms with Crippen molar-refractivity contribution in [2.75, 3.05) is 18.6 Å². The first-order chi connectivity index (χ1) is 10.0. The maximum atomic E-state index is 12.5. The predicted octanol–water partition coefficient (Wildman–Crippen LogP) is 0.830. The summed E-state index contributed by atoms with van der Waals surface area (Å²) in [6.45, 7) is 0.557. The molecule has 3 rings (SSSR count). The van der Waals surface area contributed by atoms with Gasteiger partial charge in [0.25, 0.3) is 0 Å². The molecule has 120 valence electrons. The Balaban J connectivity index is 0.00000176. The molecular weight excluding hydrogens is 306 g/mol. The molecule has 1 unspecified atom stereocenters. The number of para-hydroxylation sites is 2. The molecule has 1 saturated carbocycles. The number of nitrogens with zero attached hydrogens (tertiary/aromatic N) is 1. The normalized spacial score (nSPS) is 22.0. The highest BCUT2D eigenvalue weighted by atomic mass is 35.5. The zero-order valence-corrected chi connectivity index (χ0v) is 13.2. The van der Waals surface area contributed by atoms with Crippen LogP contribution >= 0.6 is 12.4 Å². The van der Waals surface area contributed by atoms with Crippen molar-refractivity contribution in [3.8, 4) is 5.75 Å². The lowest BCUT2D eigenvalue weighted by molar-refractivity contribution is -0.127. The molecule has 1 saturated heterocycles. The third-order valence-corrected chi connectivity index (χ3v) is 4.13. The average molecular weight is 326 g/mol. The fraction of sp³-hybridized carbons (Fsp3) is 0.467. The number of nitrogens with two attached hydrogens (primary N) is 1. The predicted molar refractivity (Wildman–Crippen MR) is 85.3 cm³/mol. The van der Waals surface area contributed by atoms with E-state index in [1.165, 1.54) is 0 Å². The number of ether oxygens (including phenoxy) is 1. The van der Waals surface area contributed by atoms with E-state index in [0.29, 0.717) is 31.6 Å². The van der Waals surface area contributed by atoms with Crippen LogP contribution in [0.1, 0.15) is 19.3 Å². The monoisotopic (exact) mass is 325 g/mol. The Kier molecular flexibility index (Phi) is 4.63. The Bertz CT molecular complexity index is 589. The standard InChI is InChI=1S/C15H19N3O3.ClH/c1-21-12-5-3-2-4-11(12)18-9-6-10(13(18)19)17-14(20)15(16)7-8-15;/h2-5,10H,6-9,16H2,1H3,(H,17,20);1H. The van der Waals surface area contributed by atoms with Gasteiger partial charge in [0.1, 0.15) is 11.8 Å². The number of rotatable bonds is 4. The lowest BCUT2D eigenvalue weighted by Crippen LogP contribution is -2.49. The van der Waals surface area contributed by atoms with Gasteiger partial charge in [-0.3, -0.25) is 9.59 Å². The number of amides is 2. The molecule has 2 aliphatic rings. The molecular formula is C15H20ClN3O3. The van der Waals surface area contributed by atoms with Gasteiger partial charge in [0.05, 0.1) is 18.3 Å². The first-order valence-electron chi connectivity index (χ1n) is 7.09. The third-order valence-electron chi connectivity index (χ3n) is 4.13. The van der Waals surface area contributed by atoms with Crippen molar-refractivity contribution < 1.29 is 14.3 Å². The van der Waals surface area contributed by atoms with Crippen LogP contribution in [-0.4, -0.2) is 37.0 Å². The number of methoxy groups -OCH3 is 1. The Labute approximate surface area is 135 Å². The van der Waals surface area contributed by atoms with Crippen LogP contribution in [0, 0.1) is 0 Å². The Morgan fingerprint density at radius 2 is 2.09 bits per heavy atom. The van der Waals surface area contributed by atoms with Gasteiger partial charge in [-0.1, -0.05) is 12.1 Å². The van der Waals surface area contributed by atoms with Crippen LogP contribution in [0.3, 0.4) is 0 Å². The molecule has 1 heterocycles. The first-order valence-corrected chi connectivity index (χ1v) is 7.09. The number of benzene rings is 1. The number of halogens is 1. The minimum absolute atomic E-state index is 0. The van der Waals surface area contributed by atoms with E-state index in [1.54, 1.807) is 12.0 Å². The summed E-state index contributed by atoms with van der Waals surface area (Å²) >= 11 is 0. The molecule has 7 heteroatoms. The molecule has 2 fully saturated rings. The zero-order chi connectivity index (χ0) is 15.0. The SMILES string of the molecule is COc1ccccc1N1CCC(NC(=O)C2(N)CC2)C1=O.Cl. The smallest absolute Gasteiger partial charge is 0.249 e. The maximum Gasteiger partial charge on any atom is 0.249 e. The number of carbonyl (C=O) groups is 2. The highest BCUT2D eigenvalue weighted by molar-refractivity contribution is 6.03. The van der Waals surface area contributed by atoms with Crippen molar-refractivity contribution >= 4 is 29.9 Å². The summed E-state index contributed by atoms with van der Waals surface area (Å²) < 4.78 is 5.29. The van der Waals surface area contributed by atoms with Crippen LogP contribution < -0.4 is 20.7 Å². The Morgan fingerprint density at radius 3 is 2.73 bits per heavy atom. The van der Waals surface area contributed by atoms with Crippen LogP contribution in [0.2, 0.25) is 0 Å². The van der Waals surface area contributed by atoms with Crippen molar-refractivity contribution in [1.29, 1.82) is 0 Å². The van der Waals surface area contributed by atoms with Crippen LogP contribution in [0.15, 0.2) is 24.3 Å². The topological polar surface area (TPSA) is 84.7 Å². The molecule has 0 bridgehead atoms. The zero-order valence-electron chi connectivity index (χ0n) is 12.4. The lowest BCUT2D eigenvalue weighted by Gasteiger charge is -2.20. The Morgan fingerprint density at radius 1 is 1.41 bits per heavy atom. The number of hydrogen-bond donors (Lipinski definition) is 2. The molecule has 1 aliphatic carbocycles. The second-order valence-electron chi connectivity index (χ2n) is 5.63. The number of nitrogens with one attached hydrogen (secondary N) is 1. The number of hydrogen-bond acceptors (Lipinski definition) is 4. The number of anilines is 1. The van der Waals surface area contributed by atoms with Crippen molar-refractivity contribution in [2.45, 2.75) is 30.8 Å². The second-order valence-corrected chi connectivity index (χ2v) is 5.63. The molecule has 22 heavy (non-hydrogen) atoms. The van der Waals surface area contributed by atoms with Gasteiger partial charge in [-0.2, -0.15) is 0 Å². The summed E-state index contributed by atoms with van der Waals surface area (Å²) in [4.78, 5) is 26.1. The lowest BCUT2D eigenvalue weighted by atomic mass is 10.2. The molecule has 1 atom stereocenters. The van der Waals surface area contributed by atoms with E-state index in [9.17, 15) is 9.59 Å². The van der Waals surface area contributed by atoms with Crippen LogP contribution in [-0.2, 0) is 9.59 Å². The Hall–Kier alpha value is -1.79. The summed E-state index contributed by atoms with van der Waals surface area (Å²) in [5.41, 5.74) is 5.83. The average Bonchev–Trinajstić information content (AvgIpc) is 3.16. The molecule has 1 aliphatic heterocycles. The molecule has 2 amide bonds. The molecule has 0 aromatic heterocycles. The van der Waals surface area contributed by atoms with Gasteiger partial charge in [-0.15, -0.1) is 12.4 Å². The quantitative estimate of drug-likeness (QED) is 0.858. The highest BCUT2D eigenvalue weighted by Gasteiger charge is 2.48. The van der Waals surface area contributed by atoms with Crippen LogP contribution in [0.4, 0.5) is 5.69 Å². The fourth-order valence-electron chi connectivity index (χ4n) is 2.57. The molecule has 1 aromatic rings. The van der Waals surface area contributed by atoms with Gasteiger partial charge in [0, 0.05) is 6.54 Å². The van der Waals surface area contributed by atoms with Gasteiger partial charge in [-0.25, -0.2) is 0 Å². The van der Waals surface area contributed by atoms with Crippen molar-refractivity contribution in [3.63, 3.8) is 0 Å². The van der Waals surface area contributed by atoms with Gasteiger partial charge in [0.2, 0.25) is 11.8 Å². The summed E-state index contributed by atoms with van der Waals surface area (Å²) in [7, 11) is 1.57. The van der Waals surface area contributed by atoms with Crippen LogP contribution in [0.5, 0.6) is 5.75 Å². The minimum atomic E-state index is -0.752. The maximum absolute atomic E-state index is 12.5. The minimum Gasteiger partial charge on any atom is -0.495 e. The van der Waals surface area contributed by atoms with Crippen molar-refractivity contribution in [3.05, 3.63) is 24.3 Å². The second kappa shape index (κ2) is 6.14. The fourth-order valence-corrected chi connectivity index (χ4v) is 2.57. The van der Waals surface area contributed by atoms with E-state index in [1.807, 2.05) is 24.3 Å². The molecule has 1 aromatic carbocycles. The largest absolute Gasteiger partial charge is 0.495 e. The molecule has 0 spiro atoms. The molecule has 6 nitrogen and oxygen atoms in total. The highest BCUT2D eigenvalue weighted by Crippen LogP contribution is 2.34. The van der Waals surface area contributed by atoms with E-state index in [-0.39, 0.29) is 24.2 Å². The molecule has 0 radical (unpaired) electrons. The van der Waals surface area contributed by atoms with Gasteiger partial charge in [0.15, 0.2) is 0 Å². The molecule has 3 N–H and O–H groups in total. The third kappa shape index (κ3) is 2.89. The van der Waals surface area contributed by atoms with E-state index < -0.39 is 11.6 Å². The van der Waals surface area contributed by atoms with Gasteiger partial charge in [-0.05, 0) is 31.4 Å². The van der Waals surface area contributed by atoms with Crippen LogP contribution in [0.25, 0.3) is 0 Å². The van der Waals surface area contributed by atoms with Gasteiger partial charge >= 0.3 is 0 Å². The van der Waals surface area contributed by atoms with E-state index in [4.69, 9.17) is 10.5 Å². The van der Waals surface area contributed by atoms with Gasteiger partial charge < -0.3 is 20.7 Å². The summed E-state index contributed by atoms with van der Waals surface area (Å²) in [5.74, 6) is 0.315. The van der Waals surface area contributed by atoms with E-state index in [2.05, 4.69) is 5.32 Å². The first kappa shape index (κ1) is 16.6. The van der Waals surface area contributed by atoms with Crippen molar-refractivity contribution in [2.24, 2.45) is 5.73 Å². The summed E-state index contributed by atoms with van der Waals surface area (Å²) in [5, 5.41) is 2.77.